The summed E-state index contributed by atoms with van der Waals surface area (Å²) in [7, 11) is 0. The topological polar surface area (TPSA) is 63.6 Å². The van der Waals surface area contributed by atoms with Crippen molar-refractivity contribution in [3.8, 4) is 5.75 Å². The molecule has 0 aliphatic heterocycles. The molecular weight excluding hydrogens is 328 g/mol. The van der Waals surface area contributed by atoms with Gasteiger partial charge in [0.05, 0.1) is 0 Å². The van der Waals surface area contributed by atoms with E-state index in [1.807, 2.05) is 36.4 Å². The number of rotatable bonds is 6. The fourth-order valence-corrected chi connectivity index (χ4v) is 2.83. The highest BCUT2D eigenvalue weighted by Gasteiger charge is 2.16. The Morgan fingerprint density at radius 1 is 0.962 bits per heavy atom. The van der Waals surface area contributed by atoms with Crippen LogP contribution in [0, 0.1) is 0 Å². The predicted molar refractivity (Wildman–Crippen MR) is 101 cm³/mol. The molecule has 0 aliphatic carbocycles. The molecule has 0 aliphatic rings. The molecule has 1 N–H and O–H groups in total. The third-order valence-corrected chi connectivity index (χ3v) is 4.23. The smallest absolute Gasteiger partial charge is 0.342 e. The average molecular weight is 348 g/mol. The SMILES string of the molecule is CCCc1ccc(C(=O)COC(=O)c2cc3ccccc3cc2O)cc1. The van der Waals surface area contributed by atoms with Gasteiger partial charge >= 0.3 is 5.97 Å². The summed E-state index contributed by atoms with van der Waals surface area (Å²) in [5.41, 5.74) is 1.72. The van der Waals surface area contributed by atoms with Crippen LogP contribution in [-0.4, -0.2) is 23.5 Å². The van der Waals surface area contributed by atoms with Gasteiger partial charge in [-0.05, 0) is 34.9 Å². The van der Waals surface area contributed by atoms with E-state index in [0.717, 1.165) is 23.6 Å². The van der Waals surface area contributed by atoms with Crippen molar-refractivity contribution in [2.24, 2.45) is 0 Å². The first kappa shape index (κ1) is 17.7. The Morgan fingerprint density at radius 2 is 1.62 bits per heavy atom. The summed E-state index contributed by atoms with van der Waals surface area (Å²) >= 11 is 0. The summed E-state index contributed by atoms with van der Waals surface area (Å²) in [5.74, 6) is -1.16. The van der Waals surface area contributed by atoms with Crippen molar-refractivity contribution >= 4 is 22.5 Å². The van der Waals surface area contributed by atoms with Crippen molar-refractivity contribution in [2.75, 3.05) is 6.61 Å². The molecule has 0 atom stereocenters. The second-order valence-corrected chi connectivity index (χ2v) is 6.16. The van der Waals surface area contributed by atoms with Crippen molar-refractivity contribution in [2.45, 2.75) is 19.8 Å². The minimum Gasteiger partial charge on any atom is -0.507 e. The minimum absolute atomic E-state index is 0.0507. The zero-order valence-electron chi connectivity index (χ0n) is 14.6. The van der Waals surface area contributed by atoms with Gasteiger partial charge in [0.25, 0.3) is 0 Å². The van der Waals surface area contributed by atoms with Crippen LogP contribution in [0.4, 0.5) is 0 Å². The molecule has 0 bridgehead atoms. The maximum Gasteiger partial charge on any atom is 0.342 e. The lowest BCUT2D eigenvalue weighted by atomic mass is 10.1. The molecule has 3 aromatic rings. The number of carbonyl (C=O) groups is 2. The van der Waals surface area contributed by atoms with E-state index in [2.05, 4.69) is 6.92 Å². The predicted octanol–water partition coefficient (Wildman–Crippen LogP) is 4.54. The highest BCUT2D eigenvalue weighted by atomic mass is 16.5. The normalized spacial score (nSPS) is 10.7. The van der Waals surface area contributed by atoms with Crippen LogP contribution in [0.2, 0.25) is 0 Å². The fraction of sp³-hybridized carbons (Fsp3) is 0.182. The minimum atomic E-state index is -0.718. The monoisotopic (exact) mass is 348 g/mol. The molecule has 4 heteroatoms. The van der Waals surface area contributed by atoms with E-state index in [1.54, 1.807) is 18.2 Å². The maximum atomic E-state index is 12.2. The van der Waals surface area contributed by atoms with E-state index in [9.17, 15) is 14.7 Å². The molecule has 0 amide bonds. The van der Waals surface area contributed by atoms with Crippen LogP contribution < -0.4 is 0 Å². The molecule has 0 aromatic heterocycles. The molecule has 3 rings (SSSR count). The summed E-state index contributed by atoms with van der Waals surface area (Å²) < 4.78 is 5.10. The van der Waals surface area contributed by atoms with Gasteiger partial charge in [-0.25, -0.2) is 4.79 Å². The molecule has 0 radical (unpaired) electrons. The Morgan fingerprint density at radius 3 is 2.27 bits per heavy atom. The zero-order valence-corrected chi connectivity index (χ0v) is 14.6. The largest absolute Gasteiger partial charge is 0.507 e. The molecule has 0 saturated carbocycles. The van der Waals surface area contributed by atoms with Gasteiger partial charge in [-0.2, -0.15) is 0 Å². The summed E-state index contributed by atoms with van der Waals surface area (Å²) in [4.78, 5) is 24.5. The highest BCUT2D eigenvalue weighted by molar-refractivity contribution is 6.01. The van der Waals surface area contributed by atoms with Crippen LogP contribution in [0.5, 0.6) is 5.75 Å². The summed E-state index contributed by atoms with van der Waals surface area (Å²) in [6.45, 7) is 1.74. The van der Waals surface area contributed by atoms with E-state index < -0.39 is 5.97 Å². The van der Waals surface area contributed by atoms with Gasteiger partial charge in [-0.1, -0.05) is 61.9 Å². The lowest BCUT2D eigenvalue weighted by Gasteiger charge is -2.08. The number of Topliss-reactive ketones (excluding diaryl/α,β-unsaturated/α-hetero) is 1. The van der Waals surface area contributed by atoms with Crippen LogP contribution in [0.1, 0.15) is 39.6 Å². The first-order valence-corrected chi connectivity index (χ1v) is 8.59. The van der Waals surface area contributed by atoms with Crippen molar-refractivity contribution in [1.82, 2.24) is 0 Å². The lowest BCUT2D eigenvalue weighted by Crippen LogP contribution is -2.14. The molecule has 4 nitrogen and oxygen atoms in total. The van der Waals surface area contributed by atoms with Gasteiger partial charge in [0.1, 0.15) is 11.3 Å². The third-order valence-electron chi connectivity index (χ3n) is 4.23. The molecule has 0 unspecified atom stereocenters. The molecular formula is C22H20O4. The Hall–Kier alpha value is -3.14. The standard InChI is InChI=1S/C22H20O4/c1-2-5-15-8-10-16(11-9-15)21(24)14-26-22(25)19-12-17-6-3-4-7-18(17)13-20(19)23/h3-4,6-13,23H,2,5,14H2,1H3. The van der Waals surface area contributed by atoms with Gasteiger partial charge in [0, 0.05) is 5.56 Å². The molecule has 3 aromatic carbocycles. The fourth-order valence-electron chi connectivity index (χ4n) is 2.83. The van der Waals surface area contributed by atoms with Gasteiger partial charge in [0.2, 0.25) is 0 Å². The number of hydrogen-bond donors (Lipinski definition) is 1. The van der Waals surface area contributed by atoms with Gasteiger partial charge in [-0.3, -0.25) is 4.79 Å². The van der Waals surface area contributed by atoms with E-state index in [0.29, 0.717) is 5.56 Å². The van der Waals surface area contributed by atoms with Crippen molar-refractivity contribution in [3.05, 3.63) is 77.4 Å². The molecule has 0 heterocycles. The number of ether oxygens (including phenoxy) is 1. The molecule has 26 heavy (non-hydrogen) atoms. The Balaban J connectivity index is 1.68. The van der Waals surface area contributed by atoms with Crippen LogP contribution >= 0.6 is 0 Å². The number of aromatic hydroxyl groups is 1. The number of fused-ring (bicyclic) bond motifs is 1. The second kappa shape index (κ2) is 7.83. The average Bonchev–Trinajstić information content (AvgIpc) is 2.66. The number of carbonyl (C=O) groups excluding carboxylic acids is 2. The van der Waals surface area contributed by atoms with Gasteiger partial charge in [0.15, 0.2) is 12.4 Å². The number of ketones is 1. The molecule has 132 valence electrons. The Kier molecular flexibility index (Phi) is 5.32. The van der Waals surface area contributed by atoms with E-state index in [4.69, 9.17) is 4.74 Å². The number of hydrogen-bond acceptors (Lipinski definition) is 4. The highest BCUT2D eigenvalue weighted by Crippen LogP contribution is 2.25. The number of aryl methyl sites for hydroxylation is 1. The van der Waals surface area contributed by atoms with E-state index in [1.165, 1.54) is 11.6 Å². The number of phenolic OH excluding ortho intramolecular Hbond substituents is 1. The van der Waals surface area contributed by atoms with Crippen LogP contribution in [0.3, 0.4) is 0 Å². The first-order chi connectivity index (χ1) is 12.6. The van der Waals surface area contributed by atoms with Gasteiger partial charge < -0.3 is 9.84 Å². The number of benzene rings is 3. The summed E-state index contributed by atoms with van der Waals surface area (Å²) in [6, 6.07) is 17.8. The van der Waals surface area contributed by atoms with Crippen molar-refractivity contribution < 1.29 is 19.4 Å². The Bertz CT molecular complexity index is 942. The third kappa shape index (κ3) is 3.91. The molecule has 0 fully saturated rings. The van der Waals surface area contributed by atoms with Crippen LogP contribution in [0.25, 0.3) is 10.8 Å². The summed E-state index contributed by atoms with van der Waals surface area (Å²) in [6.07, 6.45) is 2.00. The first-order valence-electron chi connectivity index (χ1n) is 8.59. The Labute approximate surface area is 152 Å². The maximum absolute atomic E-state index is 12.2. The lowest BCUT2D eigenvalue weighted by molar-refractivity contribution is 0.0472. The molecule has 0 spiro atoms. The van der Waals surface area contributed by atoms with E-state index >= 15 is 0 Å². The van der Waals surface area contributed by atoms with E-state index in [-0.39, 0.29) is 23.7 Å². The summed E-state index contributed by atoms with van der Waals surface area (Å²) in [5, 5.41) is 11.7. The number of phenols is 1. The van der Waals surface area contributed by atoms with Crippen molar-refractivity contribution in [1.29, 1.82) is 0 Å². The second-order valence-electron chi connectivity index (χ2n) is 6.16. The quantitative estimate of drug-likeness (QED) is 0.525. The zero-order chi connectivity index (χ0) is 18.5. The van der Waals surface area contributed by atoms with Gasteiger partial charge in [-0.15, -0.1) is 0 Å². The van der Waals surface area contributed by atoms with Crippen LogP contribution in [0.15, 0.2) is 60.7 Å². The van der Waals surface area contributed by atoms with Crippen LogP contribution in [-0.2, 0) is 11.2 Å². The van der Waals surface area contributed by atoms with Crippen molar-refractivity contribution in [3.63, 3.8) is 0 Å². The number of esters is 1. The molecule has 0 saturated heterocycles.